The molecule has 1 amide bonds. The number of nitrogens with zero attached hydrogens (tertiary/aromatic N) is 2. The van der Waals surface area contributed by atoms with E-state index in [4.69, 9.17) is 11.5 Å². The van der Waals surface area contributed by atoms with Crippen molar-refractivity contribution in [1.82, 2.24) is 15.1 Å². The molecule has 1 heterocycles. The summed E-state index contributed by atoms with van der Waals surface area (Å²) in [5.41, 5.74) is 0. The summed E-state index contributed by atoms with van der Waals surface area (Å²) in [6.07, 6.45) is 5.08. The Balaban J connectivity index is 2.35. The van der Waals surface area contributed by atoms with Crippen LogP contribution >= 0.6 is 0 Å². The third-order valence-corrected chi connectivity index (χ3v) is 3.06. The molecule has 1 aliphatic heterocycles. The van der Waals surface area contributed by atoms with Crippen LogP contribution in [0, 0.1) is 12.3 Å². The molecule has 1 unspecified atom stereocenters. The van der Waals surface area contributed by atoms with E-state index in [1.54, 1.807) is 0 Å². The number of hydrogen-bond acceptors (Lipinski definition) is 4. The lowest BCUT2D eigenvalue weighted by atomic mass is 10.2. The number of nitrogens with one attached hydrogen (secondary N) is 1. The highest BCUT2D eigenvalue weighted by atomic mass is 16.4. The van der Waals surface area contributed by atoms with Gasteiger partial charge in [0, 0.05) is 26.2 Å². The Hall–Kier alpha value is -1.58. The number of carboxylic acids is 1. The molecular weight excluding hydrogens is 234 g/mol. The minimum absolute atomic E-state index is 0.0610. The zero-order chi connectivity index (χ0) is 13.5. The predicted molar refractivity (Wildman–Crippen MR) is 67.0 cm³/mol. The van der Waals surface area contributed by atoms with Crippen molar-refractivity contribution in [3.8, 4) is 12.3 Å². The molecule has 1 aliphatic rings. The molecule has 0 aromatic carbocycles. The third kappa shape index (κ3) is 4.35. The van der Waals surface area contributed by atoms with Gasteiger partial charge in [-0.3, -0.25) is 19.4 Å². The largest absolute Gasteiger partial charge is 0.480 e. The monoisotopic (exact) mass is 253 g/mol. The van der Waals surface area contributed by atoms with Crippen LogP contribution in [0.15, 0.2) is 0 Å². The number of amides is 1. The van der Waals surface area contributed by atoms with E-state index in [2.05, 4.69) is 11.2 Å². The standard InChI is InChI=1S/C12H19N3O3/c1-3-4-13-12(18)10(2)15-7-5-14(6-8-15)9-11(16)17/h1,10H,4-9H2,2H3,(H,13,18)(H,16,17). The van der Waals surface area contributed by atoms with Crippen LogP contribution in [-0.4, -0.2) is 72.1 Å². The second-order valence-electron chi connectivity index (χ2n) is 4.30. The maximum atomic E-state index is 11.7. The molecule has 1 atom stereocenters. The number of carbonyl (C=O) groups is 2. The first-order valence-electron chi connectivity index (χ1n) is 5.94. The third-order valence-electron chi connectivity index (χ3n) is 3.06. The van der Waals surface area contributed by atoms with E-state index in [9.17, 15) is 9.59 Å². The molecule has 6 nitrogen and oxygen atoms in total. The van der Waals surface area contributed by atoms with Gasteiger partial charge in [0.25, 0.3) is 0 Å². The van der Waals surface area contributed by atoms with Crippen LogP contribution in [0.3, 0.4) is 0 Å². The van der Waals surface area contributed by atoms with E-state index < -0.39 is 5.97 Å². The van der Waals surface area contributed by atoms with Crippen molar-refractivity contribution in [2.45, 2.75) is 13.0 Å². The molecule has 0 aliphatic carbocycles. The van der Waals surface area contributed by atoms with Crippen LogP contribution in [0.4, 0.5) is 0 Å². The lowest BCUT2D eigenvalue weighted by Crippen LogP contribution is -2.54. The fourth-order valence-electron chi connectivity index (χ4n) is 1.95. The highest BCUT2D eigenvalue weighted by Gasteiger charge is 2.25. The average Bonchev–Trinajstić information content (AvgIpc) is 2.35. The molecule has 2 N–H and O–H groups in total. The Labute approximate surface area is 107 Å². The first-order chi connectivity index (χ1) is 8.54. The molecule has 1 rings (SSSR count). The molecule has 0 aromatic heterocycles. The second-order valence-corrected chi connectivity index (χ2v) is 4.30. The maximum Gasteiger partial charge on any atom is 0.317 e. The van der Waals surface area contributed by atoms with Gasteiger partial charge in [-0.15, -0.1) is 6.42 Å². The van der Waals surface area contributed by atoms with Crippen molar-refractivity contribution >= 4 is 11.9 Å². The summed E-state index contributed by atoms with van der Waals surface area (Å²) in [5.74, 6) is 1.46. The van der Waals surface area contributed by atoms with E-state index in [-0.39, 0.29) is 25.0 Å². The van der Waals surface area contributed by atoms with Gasteiger partial charge in [0.05, 0.1) is 19.1 Å². The van der Waals surface area contributed by atoms with Gasteiger partial charge in [0.1, 0.15) is 0 Å². The fraction of sp³-hybridized carbons (Fsp3) is 0.667. The first kappa shape index (κ1) is 14.5. The number of carboxylic acid groups (broad SMARTS) is 1. The second kappa shape index (κ2) is 6.99. The molecular formula is C12H19N3O3. The summed E-state index contributed by atoms with van der Waals surface area (Å²) in [5, 5.41) is 11.3. The molecule has 0 saturated carbocycles. The molecule has 1 saturated heterocycles. The lowest BCUT2D eigenvalue weighted by Gasteiger charge is -2.36. The van der Waals surface area contributed by atoms with Crippen LogP contribution < -0.4 is 5.32 Å². The Morgan fingerprint density at radius 3 is 2.50 bits per heavy atom. The van der Waals surface area contributed by atoms with Gasteiger partial charge in [-0.05, 0) is 6.92 Å². The van der Waals surface area contributed by atoms with Crippen LogP contribution in [0.5, 0.6) is 0 Å². The van der Waals surface area contributed by atoms with Gasteiger partial charge >= 0.3 is 5.97 Å². The Morgan fingerprint density at radius 1 is 1.39 bits per heavy atom. The molecule has 100 valence electrons. The maximum absolute atomic E-state index is 11.7. The summed E-state index contributed by atoms with van der Waals surface area (Å²) in [6, 6.07) is -0.231. The van der Waals surface area contributed by atoms with Crippen LogP contribution in [0.1, 0.15) is 6.92 Å². The molecule has 0 bridgehead atoms. The van der Waals surface area contributed by atoms with Crippen LogP contribution in [0.25, 0.3) is 0 Å². The van der Waals surface area contributed by atoms with E-state index in [1.807, 2.05) is 16.7 Å². The average molecular weight is 253 g/mol. The zero-order valence-corrected chi connectivity index (χ0v) is 10.6. The van der Waals surface area contributed by atoms with Crippen molar-refractivity contribution in [3.05, 3.63) is 0 Å². The Morgan fingerprint density at radius 2 is 2.00 bits per heavy atom. The molecule has 6 heteroatoms. The molecule has 0 spiro atoms. The zero-order valence-electron chi connectivity index (χ0n) is 10.6. The molecule has 1 fully saturated rings. The topological polar surface area (TPSA) is 72.9 Å². The number of terminal acetylenes is 1. The summed E-state index contributed by atoms with van der Waals surface area (Å²) in [6.45, 7) is 4.85. The minimum atomic E-state index is -0.816. The Bertz CT molecular complexity index is 343. The normalized spacial score (nSPS) is 18.9. The highest BCUT2D eigenvalue weighted by molar-refractivity contribution is 5.81. The number of aliphatic carboxylic acids is 1. The highest BCUT2D eigenvalue weighted by Crippen LogP contribution is 2.06. The smallest absolute Gasteiger partial charge is 0.317 e. The summed E-state index contributed by atoms with van der Waals surface area (Å²) >= 11 is 0. The lowest BCUT2D eigenvalue weighted by molar-refractivity contribution is -0.139. The van der Waals surface area contributed by atoms with Crippen LogP contribution in [0.2, 0.25) is 0 Å². The summed E-state index contributed by atoms with van der Waals surface area (Å²) in [4.78, 5) is 26.2. The molecule has 0 radical (unpaired) electrons. The number of hydrogen-bond donors (Lipinski definition) is 2. The van der Waals surface area contributed by atoms with E-state index in [0.717, 1.165) is 0 Å². The van der Waals surface area contributed by atoms with E-state index in [1.165, 1.54) is 0 Å². The SMILES string of the molecule is C#CCNC(=O)C(C)N1CCN(CC(=O)O)CC1. The van der Waals surface area contributed by atoms with Crippen molar-refractivity contribution < 1.29 is 14.7 Å². The minimum Gasteiger partial charge on any atom is -0.480 e. The van der Waals surface area contributed by atoms with E-state index in [0.29, 0.717) is 26.2 Å². The summed E-state index contributed by atoms with van der Waals surface area (Å²) < 4.78 is 0. The van der Waals surface area contributed by atoms with Gasteiger partial charge in [0.2, 0.25) is 5.91 Å². The molecule has 18 heavy (non-hydrogen) atoms. The van der Waals surface area contributed by atoms with Gasteiger partial charge in [-0.1, -0.05) is 5.92 Å². The predicted octanol–water partition coefficient (Wildman–Crippen LogP) is -1.17. The van der Waals surface area contributed by atoms with Crippen molar-refractivity contribution in [2.75, 3.05) is 39.3 Å². The first-order valence-corrected chi connectivity index (χ1v) is 5.94. The summed E-state index contributed by atoms with van der Waals surface area (Å²) in [7, 11) is 0. The number of carbonyl (C=O) groups excluding carboxylic acids is 1. The van der Waals surface area contributed by atoms with Gasteiger partial charge in [-0.2, -0.15) is 0 Å². The number of piperazine rings is 1. The van der Waals surface area contributed by atoms with Crippen molar-refractivity contribution in [1.29, 1.82) is 0 Å². The van der Waals surface area contributed by atoms with Crippen LogP contribution in [-0.2, 0) is 9.59 Å². The number of rotatable bonds is 5. The van der Waals surface area contributed by atoms with Gasteiger partial charge < -0.3 is 10.4 Å². The quantitative estimate of drug-likeness (QED) is 0.604. The van der Waals surface area contributed by atoms with E-state index >= 15 is 0 Å². The Kier molecular flexibility index (Phi) is 5.62. The van der Waals surface area contributed by atoms with Gasteiger partial charge in [0.15, 0.2) is 0 Å². The van der Waals surface area contributed by atoms with Crippen molar-refractivity contribution in [3.63, 3.8) is 0 Å². The fourth-order valence-corrected chi connectivity index (χ4v) is 1.95. The molecule has 0 aromatic rings. The van der Waals surface area contributed by atoms with Crippen molar-refractivity contribution in [2.24, 2.45) is 0 Å². The van der Waals surface area contributed by atoms with Gasteiger partial charge in [-0.25, -0.2) is 0 Å².